The molecule has 0 atom stereocenters. The van der Waals surface area contributed by atoms with E-state index in [1.165, 1.54) is 6.33 Å². The predicted octanol–water partition coefficient (Wildman–Crippen LogP) is 2.23. The number of anilines is 1. The van der Waals surface area contributed by atoms with Gasteiger partial charge >= 0.3 is 0 Å². The Morgan fingerprint density at radius 3 is 3.17 bits per heavy atom. The molecule has 0 spiro atoms. The second kappa shape index (κ2) is 4.87. The molecule has 64 valence electrons. The minimum absolute atomic E-state index is 0.826. The van der Waals surface area contributed by atoms with E-state index >= 15 is 0 Å². The van der Waals surface area contributed by atoms with Crippen molar-refractivity contribution in [3.63, 3.8) is 0 Å². The lowest BCUT2D eigenvalue weighted by Crippen LogP contribution is -2.02. The highest BCUT2D eigenvalue weighted by molar-refractivity contribution is 9.10. The number of aromatic nitrogens is 2. The molecule has 12 heavy (non-hydrogen) atoms. The Bertz CT molecular complexity index is 262. The maximum Gasteiger partial charge on any atom is 0.143 e. The molecule has 0 aliphatic rings. The Hall–Kier alpha value is -0.900. The standard InChI is InChI=1S/C8H10BrN3/c1-2-3-4-11-8-7(9)5-10-6-12-8/h2,5-6H,1,3-4H2,(H,10,11,12). The fourth-order valence-electron chi connectivity index (χ4n) is 0.735. The monoisotopic (exact) mass is 227 g/mol. The van der Waals surface area contributed by atoms with Gasteiger partial charge in [0.2, 0.25) is 0 Å². The van der Waals surface area contributed by atoms with E-state index < -0.39 is 0 Å². The van der Waals surface area contributed by atoms with Crippen molar-refractivity contribution in [3.8, 4) is 0 Å². The van der Waals surface area contributed by atoms with Crippen molar-refractivity contribution < 1.29 is 0 Å². The first-order valence-corrected chi connectivity index (χ1v) is 4.44. The second-order valence-electron chi connectivity index (χ2n) is 2.22. The third-order valence-corrected chi connectivity index (χ3v) is 1.89. The van der Waals surface area contributed by atoms with Gasteiger partial charge in [0.15, 0.2) is 0 Å². The topological polar surface area (TPSA) is 37.8 Å². The van der Waals surface area contributed by atoms with Crippen LogP contribution < -0.4 is 5.32 Å². The summed E-state index contributed by atoms with van der Waals surface area (Å²) in [5.74, 6) is 0.826. The summed E-state index contributed by atoms with van der Waals surface area (Å²) in [6, 6.07) is 0. The molecule has 1 rings (SSSR count). The van der Waals surface area contributed by atoms with Crippen LogP contribution in [0, 0.1) is 0 Å². The maximum atomic E-state index is 4.05. The van der Waals surface area contributed by atoms with Crippen molar-refractivity contribution in [2.24, 2.45) is 0 Å². The Labute approximate surface area is 80.1 Å². The van der Waals surface area contributed by atoms with Crippen molar-refractivity contribution in [2.45, 2.75) is 6.42 Å². The molecule has 0 aliphatic heterocycles. The summed E-state index contributed by atoms with van der Waals surface area (Å²) in [5, 5.41) is 3.14. The van der Waals surface area contributed by atoms with Crippen LogP contribution in [0.1, 0.15) is 6.42 Å². The molecule has 0 aliphatic carbocycles. The first-order chi connectivity index (χ1) is 5.84. The summed E-state index contributed by atoms with van der Waals surface area (Å²) >= 11 is 3.34. The lowest BCUT2D eigenvalue weighted by Gasteiger charge is -2.03. The van der Waals surface area contributed by atoms with Gasteiger partial charge in [-0.25, -0.2) is 9.97 Å². The van der Waals surface area contributed by atoms with Crippen LogP contribution in [0.4, 0.5) is 5.82 Å². The van der Waals surface area contributed by atoms with Crippen LogP contribution in [-0.2, 0) is 0 Å². The number of nitrogens with zero attached hydrogens (tertiary/aromatic N) is 2. The molecular formula is C8H10BrN3. The highest BCUT2D eigenvalue weighted by atomic mass is 79.9. The molecule has 3 nitrogen and oxygen atoms in total. The highest BCUT2D eigenvalue weighted by Crippen LogP contribution is 2.16. The van der Waals surface area contributed by atoms with Gasteiger partial charge in [-0.2, -0.15) is 0 Å². The smallest absolute Gasteiger partial charge is 0.143 e. The normalized spacial score (nSPS) is 9.42. The van der Waals surface area contributed by atoms with Crippen molar-refractivity contribution in [1.82, 2.24) is 9.97 Å². The minimum atomic E-state index is 0.826. The van der Waals surface area contributed by atoms with Crippen molar-refractivity contribution in [3.05, 3.63) is 29.7 Å². The fourth-order valence-corrected chi connectivity index (χ4v) is 1.10. The minimum Gasteiger partial charge on any atom is -0.369 e. The van der Waals surface area contributed by atoms with Crippen LogP contribution in [0.15, 0.2) is 29.7 Å². The van der Waals surface area contributed by atoms with E-state index in [1.54, 1.807) is 6.20 Å². The zero-order valence-electron chi connectivity index (χ0n) is 6.63. The van der Waals surface area contributed by atoms with Crippen LogP contribution in [0.2, 0.25) is 0 Å². The first-order valence-electron chi connectivity index (χ1n) is 3.65. The summed E-state index contributed by atoms with van der Waals surface area (Å²) in [5.41, 5.74) is 0. The molecule has 0 saturated carbocycles. The molecular weight excluding hydrogens is 218 g/mol. The average molecular weight is 228 g/mol. The van der Waals surface area contributed by atoms with Crippen LogP contribution >= 0.6 is 15.9 Å². The lowest BCUT2D eigenvalue weighted by atomic mass is 10.4. The van der Waals surface area contributed by atoms with Crippen LogP contribution in [-0.4, -0.2) is 16.5 Å². The summed E-state index contributed by atoms with van der Waals surface area (Å²) in [4.78, 5) is 7.90. The second-order valence-corrected chi connectivity index (χ2v) is 3.08. The third-order valence-electron chi connectivity index (χ3n) is 1.31. The molecule has 0 saturated heterocycles. The largest absolute Gasteiger partial charge is 0.369 e. The summed E-state index contributed by atoms with van der Waals surface area (Å²) in [7, 11) is 0. The van der Waals surface area contributed by atoms with Gasteiger partial charge in [0.05, 0.1) is 4.47 Å². The van der Waals surface area contributed by atoms with Crippen LogP contribution in [0.5, 0.6) is 0 Å². The molecule has 0 bridgehead atoms. The van der Waals surface area contributed by atoms with Crippen molar-refractivity contribution in [1.29, 1.82) is 0 Å². The molecule has 0 amide bonds. The quantitative estimate of drug-likeness (QED) is 0.634. The summed E-state index contributed by atoms with van der Waals surface area (Å²) in [6.45, 7) is 4.48. The van der Waals surface area contributed by atoms with Gasteiger partial charge in [-0.15, -0.1) is 6.58 Å². The number of hydrogen-bond donors (Lipinski definition) is 1. The third kappa shape index (κ3) is 2.62. The zero-order valence-corrected chi connectivity index (χ0v) is 8.21. The van der Waals surface area contributed by atoms with E-state index in [4.69, 9.17) is 0 Å². The van der Waals surface area contributed by atoms with Gasteiger partial charge in [0, 0.05) is 12.7 Å². The van der Waals surface area contributed by atoms with Crippen molar-refractivity contribution >= 4 is 21.7 Å². The number of halogens is 1. The number of nitrogens with one attached hydrogen (secondary N) is 1. The Kier molecular flexibility index (Phi) is 3.73. The van der Waals surface area contributed by atoms with E-state index in [2.05, 4.69) is 37.8 Å². The Morgan fingerprint density at radius 1 is 1.67 bits per heavy atom. The van der Waals surface area contributed by atoms with E-state index in [0.717, 1.165) is 23.3 Å². The molecule has 0 unspecified atom stereocenters. The fraction of sp³-hybridized carbons (Fsp3) is 0.250. The predicted molar refractivity (Wildman–Crippen MR) is 53.0 cm³/mol. The number of rotatable bonds is 4. The van der Waals surface area contributed by atoms with E-state index in [-0.39, 0.29) is 0 Å². The van der Waals surface area contributed by atoms with Gasteiger partial charge in [0.25, 0.3) is 0 Å². The summed E-state index contributed by atoms with van der Waals surface area (Å²) < 4.78 is 0.883. The van der Waals surface area contributed by atoms with Crippen molar-refractivity contribution in [2.75, 3.05) is 11.9 Å². The SMILES string of the molecule is C=CCCNc1ncncc1Br. The van der Waals surface area contributed by atoms with E-state index in [1.807, 2.05) is 6.08 Å². The molecule has 0 radical (unpaired) electrons. The Balaban J connectivity index is 2.51. The molecule has 1 heterocycles. The average Bonchev–Trinajstić information content (AvgIpc) is 2.09. The molecule has 1 N–H and O–H groups in total. The van der Waals surface area contributed by atoms with Crippen LogP contribution in [0.25, 0.3) is 0 Å². The van der Waals surface area contributed by atoms with E-state index in [0.29, 0.717) is 0 Å². The molecule has 1 aromatic rings. The Morgan fingerprint density at radius 2 is 2.50 bits per heavy atom. The highest BCUT2D eigenvalue weighted by Gasteiger charge is 1.97. The molecule has 0 aromatic carbocycles. The van der Waals surface area contributed by atoms with Gasteiger partial charge in [-0.1, -0.05) is 6.08 Å². The van der Waals surface area contributed by atoms with Gasteiger partial charge < -0.3 is 5.32 Å². The summed E-state index contributed by atoms with van der Waals surface area (Å²) in [6.07, 6.45) is 6.02. The zero-order chi connectivity index (χ0) is 8.81. The maximum absolute atomic E-state index is 4.05. The molecule has 0 fully saturated rings. The van der Waals surface area contributed by atoms with Gasteiger partial charge in [-0.3, -0.25) is 0 Å². The molecule has 1 aromatic heterocycles. The van der Waals surface area contributed by atoms with Crippen LogP contribution in [0.3, 0.4) is 0 Å². The molecule has 4 heteroatoms. The van der Waals surface area contributed by atoms with Gasteiger partial charge in [0.1, 0.15) is 12.1 Å². The number of hydrogen-bond acceptors (Lipinski definition) is 3. The first kappa shape index (κ1) is 9.19. The van der Waals surface area contributed by atoms with Gasteiger partial charge in [-0.05, 0) is 22.4 Å². The van der Waals surface area contributed by atoms with E-state index in [9.17, 15) is 0 Å². The lowest BCUT2D eigenvalue weighted by molar-refractivity contribution is 1.03.